The summed E-state index contributed by atoms with van der Waals surface area (Å²) in [4.78, 5) is 13.1. The van der Waals surface area contributed by atoms with Gasteiger partial charge >= 0.3 is 0 Å². The minimum absolute atomic E-state index is 0.0904. The molecule has 1 heterocycles. The Balaban J connectivity index is 2.45. The lowest BCUT2D eigenvalue weighted by molar-refractivity contribution is -0.127. The Labute approximate surface area is 73.2 Å². The van der Waals surface area contributed by atoms with Crippen LogP contribution in [0.3, 0.4) is 0 Å². The van der Waals surface area contributed by atoms with Gasteiger partial charge in [0.2, 0.25) is 5.91 Å². The van der Waals surface area contributed by atoms with Crippen LogP contribution in [0.2, 0.25) is 0 Å². The first kappa shape index (κ1) is 9.26. The first-order chi connectivity index (χ1) is 5.74. The second kappa shape index (κ2) is 4.26. The van der Waals surface area contributed by atoms with Gasteiger partial charge in [-0.2, -0.15) is 0 Å². The normalized spacial score (nSPS) is 24.8. The van der Waals surface area contributed by atoms with E-state index < -0.39 is 0 Å². The summed E-state index contributed by atoms with van der Waals surface area (Å²) in [5.41, 5.74) is 5.74. The number of nitrogens with zero attached hydrogens (tertiary/aromatic N) is 1. The van der Waals surface area contributed by atoms with Crippen molar-refractivity contribution in [2.45, 2.75) is 25.8 Å². The Hall–Kier alpha value is -0.830. The monoisotopic (exact) mass is 168 g/mol. The second-order valence-corrected chi connectivity index (χ2v) is 3.19. The lowest BCUT2D eigenvalue weighted by atomic mass is 10.1. The van der Waals surface area contributed by atoms with Gasteiger partial charge in [-0.05, 0) is 25.8 Å². The number of hydrogen-bond acceptors (Lipinski definition) is 2. The highest BCUT2D eigenvalue weighted by Crippen LogP contribution is 2.08. The highest BCUT2D eigenvalue weighted by molar-refractivity contribution is 5.87. The zero-order valence-corrected chi connectivity index (χ0v) is 7.49. The highest BCUT2D eigenvalue weighted by atomic mass is 16.2. The average molecular weight is 168 g/mol. The van der Waals surface area contributed by atoms with Gasteiger partial charge in [0.05, 0.1) is 0 Å². The Kier molecular flexibility index (Phi) is 3.29. The number of hydrogen-bond donors (Lipinski definition) is 1. The number of piperidine rings is 1. The van der Waals surface area contributed by atoms with Crippen molar-refractivity contribution in [1.29, 1.82) is 0 Å². The fraction of sp³-hybridized carbons (Fsp3) is 0.667. The molecule has 0 aromatic carbocycles. The van der Waals surface area contributed by atoms with Crippen LogP contribution in [0.4, 0.5) is 0 Å². The summed E-state index contributed by atoms with van der Waals surface area (Å²) >= 11 is 0. The predicted octanol–water partition coefficient (Wildman–Crippen LogP) is 0.512. The third kappa shape index (κ3) is 2.34. The van der Waals surface area contributed by atoms with Crippen molar-refractivity contribution >= 4 is 5.91 Å². The predicted molar refractivity (Wildman–Crippen MR) is 48.6 cm³/mol. The van der Waals surface area contributed by atoms with Crippen LogP contribution in [-0.4, -0.2) is 29.9 Å². The standard InChI is InChI=1S/C9H16N2O/c1-2-4-9(12)11-6-3-5-8(10)7-11/h2,4,8H,3,5-7,10H2,1H3. The van der Waals surface area contributed by atoms with Gasteiger partial charge in [0.15, 0.2) is 0 Å². The van der Waals surface area contributed by atoms with E-state index in [1.54, 1.807) is 12.2 Å². The van der Waals surface area contributed by atoms with Crippen molar-refractivity contribution in [1.82, 2.24) is 4.90 Å². The summed E-state index contributed by atoms with van der Waals surface area (Å²) in [6, 6.07) is 0.174. The van der Waals surface area contributed by atoms with Crippen molar-refractivity contribution < 1.29 is 4.79 Å². The maximum atomic E-state index is 11.3. The Bertz CT molecular complexity index is 189. The Morgan fingerprint density at radius 1 is 1.67 bits per heavy atom. The molecule has 1 aliphatic rings. The van der Waals surface area contributed by atoms with Crippen LogP contribution in [0, 0.1) is 0 Å². The molecule has 12 heavy (non-hydrogen) atoms. The molecular weight excluding hydrogens is 152 g/mol. The molecule has 1 rings (SSSR count). The van der Waals surface area contributed by atoms with Gasteiger partial charge in [-0.3, -0.25) is 4.79 Å². The van der Waals surface area contributed by atoms with Crippen LogP contribution in [0.15, 0.2) is 12.2 Å². The number of amides is 1. The number of likely N-dealkylation sites (tertiary alicyclic amines) is 1. The molecule has 0 saturated carbocycles. The van der Waals surface area contributed by atoms with Gasteiger partial charge in [-0.15, -0.1) is 0 Å². The van der Waals surface area contributed by atoms with Crippen molar-refractivity contribution in [2.75, 3.05) is 13.1 Å². The molecule has 0 spiro atoms. The third-order valence-electron chi connectivity index (χ3n) is 2.08. The lowest BCUT2D eigenvalue weighted by Crippen LogP contribution is -2.45. The molecule has 1 fully saturated rings. The molecule has 1 saturated heterocycles. The molecule has 1 aliphatic heterocycles. The molecule has 1 atom stereocenters. The first-order valence-corrected chi connectivity index (χ1v) is 4.41. The smallest absolute Gasteiger partial charge is 0.246 e. The molecule has 1 amide bonds. The van der Waals surface area contributed by atoms with Crippen molar-refractivity contribution in [3.8, 4) is 0 Å². The summed E-state index contributed by atoms with van der Waals surface area (Å²) in [5.74, 6) is 0.0904. The van der Waals surface area contributed by atoms with Crippen molar-refractivity contribution in [3.63, 3.8) is 0 Å². The minimum atomic E-state index is 0.0904. The van der Waals surface area contributed by atoms with Crippen LogP contribution in [-0.2, 0) is 4.79 Å². The maximum absolute atomic E-state index is 11.3. The molecule has 2 N–H and O–H groups in total. The highest BCUT2D eigenvalue weighted by Gasteiger charge is 2.18. The lowest BCUT2D eigenvalue weighted by Gasteiger charge is -2.29. The second-order valence-electron chi connectivity index (χ2n) is 3.19. The van der Waals surface area contributed by atoms with E-state index in [0.29, 0.717) is 6.54 Å². The third-order valence-corrected chi connectivity index (χ3v) is 2.08. The average Bonchev–Trinajstić information content (AvgIpc) is 2.05. The van der Waals surface area contributed by atoms with Gasteiger partial charge in [-0.1, -0.05) is 6.08 Å². The molecular formula is C9H16N2O. The van der Waals surface area contributed by atoms with E-state index in [1.807, 2.05) is 11.8 Å². The van der Waals surface area contributed by atoms with Gasteiger partial charge in [0.1, 0.15) is 0 Å². The van der Waals surface area contributed by atoms with E-state index in [2.05, 4.69) is 0 Å². The molecule has 0 bridgehead atoms. The number of carbonyl (C=O) groups is 1. The Morgan fingerprint density at radius 2 is 2.42 bits per heavy atom. The van der Waals surface area contributed by atoms with Crippen LogP contribution >= 0.6 is 0 Å². The quantitative estimate of drug-likeness (QED) is 0.580. The van der Waals surface area contributed by atoms with Gasteiger partial charge < -0.3 is 10.6 Å². The summed E-state index contributed by atoms with van der Waals surface area (Å²) in [7, 11) is 0. The largest absolute Gasteiger partial charge is 0.338 e. The number of allylic oxidation sites excluding steroid dienone is 1. The Morgan fingerprint density at radius 3 is 3.00 bits per heavy atom. The molecule has 0 aromatic rings. The first-order valence-electron chi connectivity index (χ1n) is 4.41. The number of carbonyl (C=O) groups excluding carboxylic acids is 1. The SMILES string of the molecule is CC=CC(=O)N1CCCC(N)C1. The van der Waals surface area contributed by atoms with E-state index in [1.165, 1.54) is 0 Å². The summed E-state index contributed by atoms with van der Waals surface area (Å²) in [6.07, 6.45) is 5.44. The van der Waals surface area contributed by atoms with Gasteiger partial charge in [0.25, 0.3) is 0 Å². The number of nitrogens with two attached hydrogens (primary N) is 1. The molecule has 3 nitrogen and oxygen atoms in total. The summed E-state index contributed by atoms with van der Waals surface area (Å²) in [5, 5.41) is 0. The molecule has 68 valence electrons. The van der Waals surface area contributed by atoms with E-state index in [-0.39, 0.29) is 11.9 Å². The van der Waals surface area contributed by atoms with Crippen LogP contribution in [0.1, 0.15) is 19.8 Å². The fourth-order valence-electron chi connectivity index (χ4n) is 1.46. The van der Waals surface area contributed by atoms with Crippen molar-refractivity contribution in [2.24, 2.45) is 5.73 Å². The van der Waals surface area contributed by atoms with Crippen LogP contribution in [0.25, 0.3) is 0 Å². The zero-order chi connectivity index (χ0) is 8.97. The van der Waals surface area contributed by atoms with E-state index in [9.17, 15) is 4.79 Å². The maximum Gasteiger partial charge on any atom is 0.246 e. The summed E-state index contributed by atoms with van der Waals surface area (Å²) in [6.45, 7) is 3.42. The molecule has 0 aliphatic carbocycles. The molecule has 0 radical (unpaired) electrons. The van der Waals surface area contributed by atoms with E-state index in [4.69, 9.17) is 5.73 Å². The fourth-order valence-corrected chi connectivity index (χ4v) is 1.46. The zero-order valence-electron chi connectivity index (χ0n) is 7.49. The number of rotatable bonds is 1. The topological polar surface area (TPSA) is 46.3 Å². The van der Waals surface area contributed by atoms with Gasteiger partial charge in [0, 0.05) is 19.1 Å². The summed E-state index contributed by atoms with van der Waals surface area (Å²) < 4.78 is 0. The molecule has 1 unspecified atom stereocenters. The molecule has 3 heteroatoms. The van der Waals surface area contributed by atoms with Gasteiger partial charge in [-0.25, -0.2) is 0 Å². The van der Waals surface area contributed by atoms with E-state index in [0.717, 1.165) is 19.4 Å². The van der Waals surface area contributed by atoms with E-state index >= 15 is 0 Å². The minimum Gasteiger partial charge on any atom is -0.338 e. The van der Waals surface area contributed by atoms with Crippen molar-refractivity contribution in [3.05, 3.63) is 12.2 Å². The van der Waals surface area contributed by atoms with Crippen LogP contribution < -0.4 is 5.73 Å². The molecule has 0 aromatic heterocycles. The van der Waals surface area contributed by atoms with Crippen LogP contribution in [0.5, 0.6) is 0 Å².